The smallest absolute Gasteiger partial charge is 0.105 e. The second kappa shape index (κ2) is 5.85. The minimum absolute atomic E-state index is 0.343. The van der Waals surface area contributed by atoms with Crippen molar-refractivity contribution in [2.45, 2.75) is 70.0 Å². The Morgan fingerprint density at radius 2 is 1.83 bits per heavy atom. The zero-order valence-corrected chi connectivity index (χ0v) is 14.0. The summed E-state index contributed by atoms with van der Waals surface area (Å²) in [4.78, 5) is 2.68. The largest absolute Gasteiger partial charge is 0.379 e. The van der Waals surface area contributed by atoms with E-state index in [1.165, 1.54) is 56.3 Å². The van der Waals surface area contributed by atoms with Gasteiger partial charge in [0, 0.05) is 32.2 Å². The molecule has 1 aromatic rings. The molecule has 3 saturated carbocycles. The lowest BCUT2D eigenvalue weighted by molar-refractivity contribution is 0.00458. The molecule has 0 radical (unpaired) electrons. The summed E-state index contributed by atoms with van der Waals surface area (Å²) in [7, 11) is 0. The third-order valence-corrected chi connectivity index (χ3v) is 6.19. The number of rotatable bonds is 7. The number of aromatic nitrogens is 3. The molecule has 0 spiro atoms. The van der Waals surface area contributed by atoms with Gasteiger partial charge in [0.15, 0.2) is 0 Å². The lowest BCUT2D eigenvalue weighted by Gasteiger charge is -2.44. The number of hydrogen-bond acceptors (Lipinski definition) is 4. The molecule has 3 aliphatic carbocycles. The summed E-state index contributed by atoms with van der Waals surface area (Å²) in [6.07, 6.45) is 10.7. The number of nitrogens with zero attached hydrogens (tertiary/aromatic N) is 4. The highest BCUT2D eigenvalue weighted by Crippen LogP contribution is 2.38. The van der Waals surface area contributed by atoms with Gasteiger partial charge in [-0.3, -0.25) is 4.90 Å². The molecular weight excluding hydrogens is 288 g/mol. The van der Waals surface area contributed by atoms with Gasteiger partial charge in [-0.1, -0.05) is 11.6 Å². The SMILES string of the molecule is C1CC(N2CCc3c(nnn3CC3CC3)C2COCC2CC2)C1. The molecule has 1 aromatic heterocycles. The van der Waals surface area contributed by atoms with Crippen LogP contribution in [0.4, 0.5) is 0 Å². The third kappa shape index (κ3) is 2.93. The first-order chi connectivity index (χ1) is 11.4. The minimum atomic E-state index is 0.343. The van der Waals surface area contributed by atoms with E-state index in [0.717, 1.165) is 50.6 Å². The van der Waals surface area contributed by atoms with Gasteiger partial charge >= 0.3 is 0 Å². The maximum atomic E-state index is 6.09. The van der Waals surface area contributed by atoms with Gasteiger partial charge in [-0.05, 0) is 50.4 Å². The molecule has 0 amide bonds. The van der Waals surface area contributed by atoms with Crippen LogP contribution in [-0.2, 0) is 17.7 Å². The number of hydrogen-bond donors (Lipinski definition) is 0. The van der Waals surface area contributed by atoms with Gasteiger partial charge < -0.3 is 4.74 Å². The van der Waals surface area contributed by atoms with E-state index in [-0.39, 0.29) is 0 Å². The molecule has 0 aromatic carbocycles. The monoisotopic (exact) mass is 316 g/mol. The van der Waals surface area contributed by atoms with Gasteiger partial charge in [-0.15, -0.1) is 5.10 Å². The second-order valence-electron chi connectivity index (χ2n) is 8.12. The van der Waals surface area contributed by atoms with Crippen molar-refractivity contribution in [3.63, 3.8) is 0 Å². The van der Waals surface area contributed by atoms with Crippen molar-refractivity contribution >= 4 is 0 Å². The third-order valence-electron chi connectivity index (χ3n) is 6.19. The summed E-state index contributed by atoms with van der Waals surface area (Å²) in [5, 5.41) is 9.12. The molecule has 4 aliphatic rings. The molecule has 1 atom stereocenters. The fourth-order valence-corrected chi connectivity index (χ4v) is 4.06. The Morgan fingerprint density at radius 3 is 2.52 bits per heavy atom. The molecule has 3 fully saturated rings. The van der Waals surface area contributed by atoms with E-state index in [2.05, 4.69) is 19.9 Å². The average molecular weight is 316 g/mol. The van der Waals surface area contributed by atoms with Crippen molar-refractivity contribution < 1.29 is 4.74 Å². The van der Waals surface area contributed by atoms with E-state index in [4.69, 9.17) is 4.74 Å². The van der Waals surface area contributed by atoms with E-state index in [1.54, 1.807) is 0 Å². The van der Waals surface area contributed by atoms with Crippen LogP contribution in [0.5, 0.6) is 0 Å². The molecule has 0 N–H and O–H groups in total. The van der Waals surface area contributed by atoms with Gasteiger partial charge in [0.2, 0.25) is 0 Å². The normalized spacial score (nSPS) is 28.6. The topological polar surface area (TPSA) is 43.2 Å². The van der Waals surface area contributed by atoms with Crippen molar-refractivity contribution in [2.24, 2.45) is 11.8 Å². The van der Waals surface area contributed by atoms with Crippen LogP contribution in [0.2, 0.25) is 0 Å². The molecule has 0 saturated heterocycles. The van der Waals surface area contributed by atoms with Crippen LogP contribution in [0.3, 0.4) is 0 Å². The summed E-state index contributed by atoms with van der Waals surface area (Å²) in [6, 6.07) is 1.10. The Kier molecular flexibility index (Phi) is 3.66. The lowest BCUT2D eigenvalue weighted by atomic mass is 9.88. The minimum Gasteiger partial charge on any atom is -0.379 e. The van der Waals surface area contributed by atoms with Crippen molar-refractivity contribution in [1.82, 2.24) is 19.9 Å². The van der Waals surface area contributed by atoms with E-state index in [9.17, 15) is 0 Å². The van der Waals surface area contributed by atoms with E-state index < -0.39 is 0 Å². The Hall–Kier alpha value is -0.940. The zero-order chi connectivity index (χ0) is 15.2. The average Bonchev–Trinajstić information content (AvgIpc) is 3.40. The Bertz CT molecular complexity index is 559. The van der Waals surface area contributed by atoms with Crippen LogP contribution in [0.15, 0.2) is 0 Å². The maximum absolute atomic E-state index is 6.09. The maximum Gasteiger partial charge on any atom is 0.105 e. The summed E-state index contributed by atoms with van der Waals surface area (Å²) in [5.41, 5.74) is 2.62. The molecule has 126 valence electrons. The predicted octanol–water partition coefficient (Wildman–Crippen LogP) is 2.57. The lowest BCUT2D eigenvalue weighted by Crippen LogP contribution is -2.47. The molecule has 2 heterocycles. The molecule has 5 nitrogen and oxygen atoms in total. The molecule has 1 aliphatic heterocycles. The van der Waals surface area contributed by atoms with Crippen LogP contribution < -0.4 is 0 Å². The molecule has 5 heteroatoms. The van der Waals surface area contributed by atoms with Gasteiger partial charge in [0.05, 0.1) is 18.3 Å². The first-order valence-corrected chi connectivity index (χ1v) is 9.64. The van der Waals surface area contributed by atoms with Gasteiger partial charge in [0.1, 0.15) is 5.69 Å². The van der Waals surface area contributed by atoms with Gasteiger partial charge in [0.25, 0.3) is 0 Å². The summed E-state index contributed by atoms with van der Waals surface area (Å²) in [5.74, 6) is 1.69. The Balaban J connectivity index is 1.34. The zero-order valence-electron chi connectivity index (χ0n) is 14.0. The van der Waals surface area contributed by atoms with E-state index >= 15 is 0 Å². The molecular formula is C18H28N4O. The number of ether oxygens (including phenoxy) is 1. The van der Waals surface area contributed by atoms with Crippen LogP contribution in [0.1, 0.15) is 62.4 Å². The van der Waals surface area contributed by atoms with E-state index in [0.29, 0.717) is 6.04 Å². The Morgan fingerprint density at radius 1 is 1.00 bits per heavy atom. The summed E-state index contributed by atoms with van der Waals surface area (Å²) in [6.45, 7) is 4.00. The fraction of sp³-hybridized carbons (Fsp3) is 0.889. The van der Waals surface area contributed by atoms with Gasteiger partial charge in [-0.25, -0.2) is 4.68 Å². The fourth-order valence-electron chi connectivity index (χ4n) is 4.06. The Labute approximate surface area is 138 Å². The molecule has 23 heavy (non-hydrogen) atoms. The first-order valence-electron chi connectivity index (χ1n) is 9.64. The second-order valence-corrected chi connectivity index (χ2v) is 8.12. The highest BCUT2D eigenvalue weighted by molar-refractivity contribution is 5.20. The number of fused-ring (bicyclic) bond motifs is 1. The van der Waals surface area contributed by atoms with Crippen LogP contribution in [-0.4, -0.2) is 45.7 Å². The van der Waals surface area contributed by atoms with Gasteiger partial charge in [-0.2, -0.15) is 0 Å². The standard InChI is InChI=1S/C18H28N4O/c1-2-15(3-1)21-9-8-16-18(17(21)12-23-11-14-6-7-14)19-20-22(16)10-13-4-5-13/h13-15,17H,1-12H2. The van der Waals surface area contributed by atoms with Crippen molar-refractivity contribution in [2.75, 3.05) is 19.8 Å². The highest BCUT2D eigenvalue weighted by Gasteiger charge is 2.38. The van der Waals surface area contributed by atoms with Crippen LogP contribution in [0.25, 0.3) is 0 Å². The van der Waals surface area contributed by atoms with Crippen molar-refractivity contribution in [3.8, 4) is 0 Å². The molecule has 0 bridgehead atoms. The molecule has 5 rings (SSSR count). The predicted molar refractivity (Wildman–Crippen MR) is 87.1 cm³/mol. The summed E-state index contributed by atoms with van der Waals surface area (Å²) < 4.78 is 8.29. The van der Waals surface area contributed by atoms with Crippen molar-refractivity contribution in [3.05, 3.63) is 11.4 Å². The quantitative estimate of drug-likeness (QED) is 0.775. The van der Waals surface area contributed by atoms with Crippen LogP contribution in [0, 0.1) is 11.8 Å². The van der Waals surface area contributed by atoms with E-state index in [1.807, 2.05) is 0 Å². The first kappa shape index (κ1) is 14.4. The van der Waals surface area contributed by atoms with Crippen LogP contribution >= 0.6 is 0 Å². The van der Waals surface area contributed by atoms with Crippen molar-refractivity contribution in [1.29, 1.82) is 0 Å². The summed E-state index contributed by atoms with van der Waals surface area (Å²) >= 11 is 0. The molecule has 1 unspecified atom stereocenters. The highest BCUT2D eigenvalue weighted by atomic mass is 16.5.